The van der Waals surface area contributed by atoms with E-state index in [2.05, 4.69) is 12.1 Å². The smallest absolute Gasteiger partial charge is 0.264 e. The Morgan fingerprint density at radius 2 is 2.00 bits per heavy atom. The van der Waals surface area contributed by atoms with E-state index in [-0.39, 0.29) is 18.2 Å². The minimum atomic E-state index is -0.251. The molecule has 2 fully saturated rings. The molecule has 2 aliphatic rings. The normalized spacial score (nSPS) is 23.3. The number of carbonyl (C=O) groups is 1. The highest BCUT2D eigenvalue weighted by Crippen LogP contribution is 2.30. The number of nitrogens with zero attached hydrogens (tertiary/aromatic N) is 1. The van der Waals surface area contributed by atoms with E-state index in [1.54, 1.807) is 11.3 Å². The van der Waals surface area contributed by atoms with Crippen LogP contribution in [0.15, 0.2) is 30.3 Å². The Kier molecular flexibility index (Phi) is 3.86. The van der Waals surface area contributed by atoms with Gasteiger partial charge >= 0.3 is 0 Å². The topological polar surface area (TPSA) is 38.8 Å². The van der Waals surface area contributed by atoms with Crippen LogP contribution in [0.2, 0.25) is 0 Å². The minimum absolute atomic E-state index is 0.0500. The van der Waals surface area contributed by atoms with Crippen LogP contribution in [0.25, 0.3) is 10.1 Å². The van der Waals surface area contributed by atoms with Gasteiger partial charge in [-0.1, -0.05) is 18.2 Å². The van der Waals surface area contributed by atoms with Gasteiger partial charge in [0.2, 0.25) is 0 Å². The lowest BCUT2D eigenvalue weighted by Gasteiger charge is -2.37. The standard InChI is InChI=1S/C17H19NO3S/c19-16(15-11-12-5-1-2-7-14(12)22-15)18-8-4-3-6-13(18)17-20-9-10-21-17/h1-2,5,7,11,13,17H,3-4,6,8-10H2. The van der Waals surface area contributed by atoms with Crippen molar-refractivity contribution in [2.75, 3.05) is 19.8 Å². The predicted molar refractivity (Wildman–Crippen MR) is 86.2 cm³/mol. The predicted octanol–water partition coefficient (Wildman–Crippen LogP) is 3.27. The molecule has 1 aromatic heterocycles. The first-order valence-electron chi connectivity index (χ1n) is 7.86. The first-order chi connectivity index (χ1) is 10.8. The molecule has 1 amide bonds. The summed E-state index contributed by atoms with van der Waals surface area (Å²) in [6.07, 6.45) is 2.89. The molecule has 0 aliphatic carbocycles. The van der Waals surface area contributed by atoms with Crippen LogP contribution in [0.3, 0.4) is 0 Å². The maximum absolute atomic E-state index is 13.0. The third kappa shape index (κ3) is 2.53. The summed E-state index contributed by atoms with van der Waals surface area (Å²) in [5.41, 5.74) is 0. The van der Waals surface area contributed by atoms with Gasteiger partial charge in [0.15, 0.2) is 6.29 Å². The SMILES string of the molecule is O=C(c1cc2ccccc2s1)N1CCCCC1C1OCCO1. The zero-order valence-corrected chi connectivity index (χ0v) is 13.2. The second-order valence-electron chi connectivity index (χ2n) is 5.82. The van der Waals surface area contributed by atoms with E-state index in [4.69, 9.17) is 9.47 Å². The van der Waals surface area contributed by atoms with E-state index >= 15 is 0 Å². The van der Waals surface area contributed by atoms with Crippen LogP contribution < -0.4 is 0 Å². The number of benzene rings is 1. The number of hydrogen-bond acceptors (Lipinski definition) is 4. The highest BCUT2D eigenvalue weighted by Gasteiger charge is 2.36. The molecule has 0 saturated carbocycles. The van der Waals surface area contributed by atoms with Crippen LogP contribution in [-0.4, -0.2) is 42.9 Å². The molecule has 4 nitrogen and oxygen atoms in total. The number of rotatable bonds is 2. The van der Waals surface area contributed by atoms with Gasteiger partial charge in [-0.15, -0.1) is 11.3 Å². The Bertz CT molecular complexity index is 644. The van der Waals surface area contributed by atoms with Gasteiger partial charge in [0.1, 0.15) is 0 Å². The maximum Gasteiger partial charge on any atom is 0.264 e. The number of fused-ring (bicyclic) bond motifs is 1. The van der Waals surface area contributed by atoms with Crippen LogP contribution in [0.4, 0.5) is 0 Å². The average Bonchev–Trinajstić information content (AvgIpc) is 3.23. The van der Waals surface area contributed by atoms with Gasteiger partial charge in [-0.25, -0.2) is 0 Å². The second kappa shape index (κ2) is 5.99. The Morgan fingerprint density at radius 1 is 1.18 bits per heavy atom. The largest absolute Gasteiger partial charge is 0.348 e. The van der Waals surface area contributed by atoms with Gasteiger partial charge in [-0.05, 0) is 36.8 Å². The van der Waals surface area contributed by atoms with Gasteiger partial charge in [-0.2, -0.15) is 0 Å². The molecule has 1 atom stereocenters. The summed E-state index contributed by atoms with van der Waals surface area (Å²) in [6.45, 7) is 2.05. The van der Waals surface area contributed by atoms with E-state index < -0.39 is 0 Å². The fourth-order valence-corrected chi connectivity index (χ4v) is 4.34. The van der Waals surface area contributed by atoms with Crippen molar-refractivity contribution in [3.05, 3.63) is 35.2 Å². The molecule has 0 spiro atoms. The Balaban J connectivity index is 1.61. The molecule has 5 heteroatoms. The lowest BCUT2D eigenvalue weighted by Crippen LogP contribution is -2.50. The van der Waals surface area contributed by atoms with E-state index in [9.17, 15) is 4.79 Å². The molecular weight excluding hydrogens is 298 g/mol. The Hall–Kier alpha value is -1.43. The number of carbonyl (C=O) groups excluding carboxylic acids is 1. The zero-order chi connectivity index (χ0) is 14.9. The number of hydrogen-bond donors (Lipinski definition) is 0. The van der Waals surface area contributed by atoms with E-state index in [0.29, 0.717) is 13.2 Å². The molecule has 0 N–H and O–H groups in total. The van der Waals surface area contributed by atoms with Crippen molar-refractivity contribution in [2.24, 2.45) is 0 Å². The zero-order valence-electron chi connectivity index (χ0n) is 12.4. The van der Waals surface area contributed by atoms with Crippen molar-refractivity contribution in [3.63, 3.8) is 0 Å². The molecule has 0 radical (unpaired) electrons. The molecule has 22 heavy (non-hydrogen) atoms. The summed E-state index contributed by atoms with van der Waals surface area (Å²) in [6, 6.07) is 10.2. The van der Waals surface area contributed by atoms with Gasteiger partial charge in [0, 0.05) is 11.2 Å². The van der Waals surface area contributed by atoms with E-state index in [1.807, 2.05) is 23.1 Å². The number of piperidine rings is 1. The maximum atomic E-state index is 13.0. The summed E-state index contributed by atoms with van der Waals surface area (Å²) in [5.74, 6) is 0.116. The van der Waals surface area contributed by atoms with Crippen molar-refractivity contribution < 1.29 is 14.3 Å². The van der Waals surface area contributed by atoms with Crippen molar-refractivity contribution in [1.29, 1.82) is 0 Å². The van der Waals surface area contributed by atoms with Gasteiger partial charge < -0.3 is 14.4 Å². The number of amides is 1. The fraction of sp³-hybridized carbons (Fsp3) is 0.471. The van der Waals surface area contributed by atoms with Gasteiger partial charge in [0.05, 0.1) is 24.1 Å². The third-order valence-electron chi connectivity index (χ3n) is 4.41. The van der Waals surface area contributed by atoms with Crippen molar-refractivity contribution >= 4 is 27.3 Å². The fourth-order valence-electron chi connectivity index (χ4n) is 3.32. The summed E-state index contributed by atoms with van der Waals surface area (Å²) < 4.78 is 12.5. The van der Waals surface area contributed by atoms with Gasteiger partial charge in [0.25, 0.3) is 5.91 Å². The quantitative estimate of drug-likeness (QED) is 0.853. The van der Waals surface area contributed by atoms with Crippen LogP contribution in [-0.2, 0) is 9.47 Å². The molecule has 2 aromatic rings. The first kappa shape index (κ1) is 14.2. The molecular formula is C17H19NO3S. The monoisotopic (exact) mass is 317 g/mol. The van der Waals surface area contributed by atoms with Gasteiger partial charge in [-0.3, -0.25) is 4.79 Å². The van der Waals surface area contributed by atoms with Crippen molar-refractivity contribution in [1.82, 2.24) is 4.90 Å². The Morgan fingerprint density at radius 3 is 2.82 bits per heavy atom. The van der Waals surface area contributed by atoms with Crippen LogP contribution >= 0.6 is 11.3 Å². The molecule has 2 saturated heterocycles. The molecule has 2 aliphatic heterocycles. The third-order valence-corrected chi connectivity index (χ3v) is 5.51. The van der Waals surface area contributed by atoms with E-state index in [1.165, 1.54) is 0 Å². The average molecular weight is 317 g/mol. The number of thiophene rings is 1. The molecule has 1 aromatic carbocycles. The van der Waals surface area contributed by atoms with Crippen LogP contribution in [0.1, 0.15) is 28.9 Å². The van der Waals surface area contributed by atoms with Crippen molar-refractivity contribution in [2.45, 2.75) is 31.6 Å². The van der Waals surface area contributed by atoms with E-state index in [0.717, 1.165) is 40.8 Å². The lowest BCUT2D eigenvalue weighted by atomic mass is 10.0. The van der Waals surface area contributed by atoms with Crippen molar-refractivity contribution in [3.8, 4) is 0 Å². The summed E-state index contributed by atoms with van der Waals surface area (Å²) >= 11 is 1.57. The molecule has 1 unspecified atom stereocenters. The molecule has 116 valence electrons. The highest BCUT2D eigenvalue weighted by molar-refractivity contribution is 7.20. The first-order valence-corrected chi connectivity index (χ1v) is 8.67. The van der Waals surface area contributed by atoms with Crippen LogP contribution in [0, 0.1) is 0 Å². The lowest BCUT2D eigenvalue weighted by molar-refractivity contribution is -0.100. The number of likely N-dealkylation sites (tertiary alicyclic amines) is 1. The van der Waals surface area contributed by atoms with Crippen LogP contribution in [0.5, 0.6) is 0 Å². The second-order valence-corrected chi connectivity index (χ2v) is 6.90. The minimum Gasteiger partial charge on any atom is -0.348 e. The highest BCUT2D eigenvalue weighted by atomic mass is 32.1. The molecule has 3 heterocycles. The molecule has 0 bridgehead atoms. The summed E-state index contributed by atoms with van der Waals surface area (Å²) in [7, 11) is 0. The summed E-state index contributed by atoms with van der Waals surface area (Å²) in [4.78, 5) is 15.7. The number of ether oxygens (including phenoxy) is 2. The molecule has 4 rings (SSSR count). The Labute approximate surface area is 133 Å². The summed E-state index contributed by atoms with van der Waals surface area (Å²) in [5, 5.41) is 1.14.